The van der Waals surface area contributed by atoms with Gasteiger partial charge in [-0.25, -0.2) is 4.57 Å². The number of likely N-dealkylation sites (N-methyl/N-ethyl adjacent to an activating group) is 1. The van der Waals surface area contributed by atoms with Crippen molar-refractivity contribution in [1.29, 1.82) is 0 Å². The second kappa shape index (κ2) is 33.1. The van der Waals surface area contributed by atoms with Crippen molar-refractivity contribution in [3.63, 3.8) is 0 Å². The van der Waals surface area contributed by atoms with E-state index >= 15 is 0 Å². The van der Waals surface area contributed by atoms with Crippen LogP contribution >= 0.6 is 7.82 Å². The largest absolute Gasteiger partial charge is 0.472 e. The number of carbonyl (C=O) groups is 1. The molecule has 8 nitrogen and oxygen atoms in total. The molecule has 9 heteroatoms. The fourth-order valence-corrected chi connectivity index (χ4v) is 5.91. The maximum Gasteiger partial charge on any atom is 0.472 e. The van der Waals surface area contributed by atoms with Crippen molar-refractivity contribution in [2.45, 2.75) is 168 Å². The Morgan fingerprint density at radius 2 is 1.15 bits per heavy atom. The van der Waals surface area contributed by atoms with E-state index in [0.717, 1.165) is 44.9 Å². The predicted octanol–water partition coefficient (Wildman–Crippen LogP) is 10.9. The van der Waals surface area contributed by atoms with Crippen LogP contribution in [0.2, 0.25) is 0 Å². The summed E-state index contributed by atoms with van der Waals surface area (Å²) in [6, 6.07) is 0. The van der Waals surface area contributed by atoms with E-state index in [0.29, 0.717) is 24.1 Å². The number of rotatable bonds is 36. The molecule has 0 aromatic heterocycles. The Morgan fingerprint density at radius 1 is 0.646 bits per heavy atom. The van der Waals surface area contributed by atoms with Gasteiger partial charge in [-0.2, -0.15) is 0 Å². The number of esters is 1. The van der Waals surface area contributed by atoms with E-state index in [1.54, 1.807) is 0 Å². The van der Waals surface area contributed by atoms with E-state index in [9.17, 15) is 14.3 Å². The van der Waals surface area contributed by atoms with Gasteiger partial charge in [0, 0.05) is 13.0 Å². The second-order valence-electron chi connectivity index (χ2n) is 14.3. The topological polar surface area (TPSA) is 91.3 Å². The number of quaternary nitrogens is 1. The van der Waals surface area contributed by atoms with E-state index in [1.165, 1.54) is 96.3 Å². The van der Waals surface area contributed by atoms with Crippen molar-refractivity contribution < 1.29 is 37.3 Å². The van der Waals surface area contributed by atoms with Crippen LogP contribution in [0.15, 0.2) is 24.3 Å². The molecule has 0 aromatic rings. The van der Waals surface area contributed by atoms with Crippen molar-refractivity contribution >= 4 is 13.8 Å². The molecule has 0 aliphatic carbocycles. The van der Waals surface area contributed by atoms with E-state index < -0.39 is 13.9 Å². The van der Waals surface area contributed by atoms with Gasteiger partial charge in [-0.3, -0.25) is 13.8 Å². The van der Waals surface area contributed by atoms with Gasteiger partial charge < -0.3 is 18.9 Å². The number of phosphoric acid groups is 1. The van der Waals surface area contributed by atoms with Gasteiger partial charge in [0.1, 0.15) is 19.3 Å². The Bertz CT molecular complexity index is 828. The van der Waals surface area contributed by atoms with E-state index in [4.69, 9.17) is 18.5 Å². The molecule has 0 heterocycles. The van der Waals surface area contributed by atoms with Crippen LogP contribution in [0.1, 0.15) is 162 Å². The number of hydrogen-bond donors (Lipinski definition) is 1. The molecule has 0 saturated heterocycles. The smallest absolute Gasteiger partial charge is 0.457 e. The minimum Gasteiger partial charge on any atom is -0.457 e. The first-order valence-corrected chi connectivity index (χ1v) is 21.1. The van der Waals surface area contributed by atoms with Crippen LogP contribution in [0.5, 0.6) is 0 Å². The zero-order chi connectivity index (χ0) is 35.6. The first kappa shape index (κ1) is 47.0. The summed E-state index contributed by atoms with van der Waals surface area (Å²) < 4.78 is 34.8. The zero-order valence-electron chi connectivity index (χ0n) is 32.0. The van der Waals surface area contributed by atoms with Gasteiger partial charge in [0.05, 0.1) is 34.4 Å². The number of phosphoric ester groups is 1. The summed E-state index contributed by atoms with van der Waals surface area (Å²) in [5.74, 6) is -0.323. The van der Waals surface area contributed by atoms with Gasteiger partial charge in [-0.1, -0.05) is 134 Å². The molecule has 2 atom stereocenters. The number of nitrogens with zero attached hydrogens (tertiary/aromatic N) is 1. The molecule has 0 fully saturated rings. The van der Waals surface area contributed by atoms with E-state index in [2.05, 4.69) is 38.2 Å². The fraction of sp³-hybridized carbons (Fsp3) is 0.872. The molecule has 0 saturated carbocycles. The average molecular weight is 703 g/mol. The first-order chi connectivity index (χ1) is 23.1. The third kappa shape index (κ3) is 36.3. The van der Waals surface area contributed by atoms with Crippen LogP contribution in [0.4, 0.5) is 0 Å². The molecule has 0 radical (unpaired) electrons. The minimum absolute atomic E-state index is 0.0883. The fourth-order valence-electron chi connectivity index (χ4n) is 5.17. The molecule has 0 amide bonds. The third-order valence-corrected chi connectivity index (χ3v) is 9.25. The Morgan fingerprint density at radius 3 is 1.73 bits per heavy atom. The highest BCUT2D eigenvalue weighted by Crippen LogP contribution is 2.43. The number of ether oxygens (including phenoxy) is 2. The maximum absolute atomic E-state index is 12.6. The molecule has 284 valence electrons. The van der Waals surface area contributed by atoms with Crippen LogP contribution in [0.25, 0.3) is 0 Å². The highest BCUT2D eigenvalue weighted by molar-refractivity contribution is 7.47. The lowest BCUT2D eigenvalue weighted by Gasteiger charge is -2.24. The number of carbonyl (C=O) groups excluding carboxylic acids is 1. The zero-order valence-corrected chi connectivity index (χ0v) is 32.9. The Hall–Kier alpha value is -1.02. The third-order valence-electron chi connectivity index (χ3n) is 8.27. The molecule has 0 spiro atoms. The standard InChI is InChI=1S/C39H76NO7P/c1-6-8-10-12-14-16-17-18-19-20-21-22-23-24-26-28-30-32-39(41)47-38(37-46-48(42,43)45-35-33-40(3,4)5)36-44-34-31-29-27-25-15-13-11-9-7-2/h14,16,18-19,38H,6-13,15,17,20-37H2,1-5H3/p+1/b16-14-,19-18-. The van der Waals surface area contributed by atoms with Crippen molar-refractivity contribution in [1.82, 2.24) is 0 Å². The summed E-state index contributed by atoms with van der Waals surface area (Å²) >= 11 is 0. The van der Waals surface area contributed by atoms with Crippen LogP contribution < -0.4 is 0 Å². The van der Waals surface area contributed by atoms with Gasteiger partial charge in [0.25, 0.3) is 0 Å². The quantitative estimate of drug-likeness (QED) is 0.0228. The Kier molecular flexibility index (Phi) is 32.4. The highest BCUT2D eigenvalue weighted by Gasteiger charge is 2.26. The molecule has 0 bridgehead atoms. The number of unbranched alkanes of at least 4 members (excludes halogenated alkanes) is 18. The van der Waals surface area contributed by atoms with Gasteiger partial charge in [-0.05, 0) is 44.9 Å². The van der Waals surface area contributed by atoms with Gasteiger partial charge in [-0.15, -0.1) is 0 Å². The number of allylic oxidation sites excluding steroid dienone is 4. The van der Waals surface area contributed by atoms with Crippen molar-refractivity contribution in [3.05, 3.63) is 24.3 Å². The first-order valence-electron chi connectivity index (χ1n) is 19.6. The Balaban J connectivity index is 4.25. The van der Waals surface area contributed by atoms with Gasteiger partial charge >= 0.3 is 13.8 Å². The molecule has 0 aromatic carbocycles. The summed E-state index contributed by atoms with van der Waals surface area (Å²) in [7, 11) is 1.66. The van der Waals surface area contributed by atoms with Crippen LogP contribution in [-0.4, -0.2) is 75.6 Å². The highest BCUT2D eigenvalue weighted by atomic mass is 31.2. The molecular formula is C39H77NO7P+. The lowest BCUT2D eigenvalue weighted by molar-refractivity contribution is -0.870. The summed E-state index contributed by atoms with van der Waals surface area (Å²) in [6.45, 7) is 5.58. The van der Waals surface area contributed by atoms with Gasteiger partial charge in [0.15, 0.2) is 0 Å². The summed E-state index contributed by atoms with van der Waals surface area (Å²) in [6.07, 6.45) is 34.8. The molecule has 48 heavy (non-hydrogen) atoms. The van der Waals surface area contributed by atoms with Crippen molar-refractivity contribution in [2.24, 2.45) is 0 Å². The lowest BCUT2D eigenvalue weighted by Crippen LogP contribution is -2.37. The van der Waals surface area contributed by atoms with Crippen LogP contribution in [0, 0.1) is 0 Å². The monoisotopic (exact) mass is 703 g/mol. The molecule has 0 aliphatic rings. The predicted molar refractivity (Wildman–Crippen MR) is 201 cm³/mol. The summed E-state index contributed by atoms with van der Waals surface area (Å²) in [5.41, 5.74) is 0. The molecule has 1 N–H and O–H groups in total. The molecular weight excluding hydrogens is 625 g/mol. The average Bonchev–Trinajstić information content (AvgIpc) is 3.03. The molecule has 0 aliphatic heterocycles. The normalized spacial score (nSPS) is 14.2. The minimum atomic E-state index is -4.26. The van der Waals surface area contributed by atoms with E-state index in [-0.39, 0.29) is 25.8 Å². The SMILES string of the molecule is CCCCC/C=C\C/C=C\CCCCCCCCCC(=O)OC(COCCCCCCCCCCC)COP(=O)(O)OCC[N+](C)(C)C. The Labute approximate surface area is 296 Å². The van der Waals surface area contributed by atoms with Gasteiger partial charge in [0.2, 0.25) is 0 Å². The molecule has 2 unspecified atom stereocenters. The van der Waals surface area contributed by atoms with Crippen molar-refractivity contribution in [3.8, 4) is 0 Å². The summed E-state index contributed by atoms with van der Waals surface area (Å²) in [5, 5.41) is 0. The van der Waals surface area contributed by atoms with Crippen molar-refractivity contribution in [2.75, 3.05) is 54.1 Å². The molecule has 0 rings (SSSR count). The number of hydrogen-bond acceptors (Lipinski definition) is 6. The van der Waals surface area contributed by atoms with E-state index in [1.807, 2.05) is 21.1 Å². The lowest BCUT2D eigenvalue weighted by atomic mass is 10.1. The maximum atomic E-state index is 12.6. The van der Waals surface area contributed by atoms with Crippen LogP contribution in [0.3, 0.4) is 0 Å². The second-order valence-corrected chi connectivity index (χ2v) is 15.8. The summed E-state index contributed by atoms with van der Waals surface area (Å²) in [4.78, 5) is 22.8. The van der Waals surface area contributed by atoms with Crippen LogP contribution in [-0.2, 0) is 27.9 Å².